The van der Waals surface area contributed by atoms with Crippen molar-refractivity contribution in [3.8, 4) is 0 Å². The van der Waals surface area contributed by atoms with E-state index in [9.17, 15) is 14.0 Å². The maximum atomic E-state index is 11.4. The predicted octanol–water partition coefficient (Wildman–Crippen LogP) is 5.90. The van der Waals surface area contributed by atoms with Crippen molar-refractivity contribution in [3.63, 3.8) is 0 Å². The van der Waals surface area contributed by atoms with Crippen LogP contribution >= 0.6 is 15.4 Å². The van der Waals surface area contributed by atoms with Gasteiger partial charge in [-0.05, 0) is 62.2 Å². The van der Waals surface area contributed by atoms with Gasteiger partial charge in [-0.25, -0.2) is 4.57 Å². The molecule has 0 aromatic carbocycles. The Labute approximate surface area is 189 Å². The zero-order valence-electron chi connectivity index (χ0n) is 20.2. The van der Waals surface area contributed by atoms with Gasteiger partial charge in [0, 0.05) is 19.9 Å². The summed E-state index contributed by atoms with van der Waals surface area (Å²) in [7, 11) is -7.89. The van der Waals surface area contributed by atoms with Crippen molar-refractivity contribution >= 4 is 15.4 Å². The Bertz CT molecular complexity index is 502. The molecule has 0 amide bonds. The minimum atomic E-state index is -4.44. The van der Waals surface area contributed by atoms with Crippen LogP contribution in [0.2, 0.25) is 0 Å². The molecule has 0 bridgehead atoms. The van der Waals surface area contributed by atoms with Crippen LogP contribution in [0.25, 0.3) is 0 Å². The van der Waals surface area contributed by atoms with Gasteiger partial charge in [0.2, 0.25) is 0 Å². The molecule has 1 atom stereocenters. The molecule has 8 nitrogen and oxygen atoms in total. The van der Waals surface area contributed by atoms with Gasteiger partial charge in [-0.2, -0.15) is 0 Å². The highest BCUT2D eigenvalue weighted by Crippen LogP contribution is 2.43. The van der Waals surface area contributed by atoms with Gasteiger partial charge in [-0.3, -0.25) is 9.09 Å². The lowest BCUT2D eigenvalue weighted by molar-refractivity contribution is 0.0797. The SMILES string of the molecule is CCC(CC)(CCCCOCCCCC(CC)(CC)COP(=O)(O)O)COP(C)(=O)O. The summed E-state index contributed by atoms with van der Waals surface area (Å²) in [6, 6.07) is 0. The van der Waals surface area contributed by atoms with E-state index in [-0.39, 0.29) is 17.4 Å². The van der Waals surface area contributed by atoms with E-state index in [0.29, 0.717) is 19.8 Å². The molecule has 188 valence electrons. The molecule has 0 aliphatic carbocycles. The summed E-state index contributed by atoms with van der Waals surface area (Å²) < 4.78 is 38.2. The number of phosphoric ester groups is 1. The lowest BCUT2D eigenvalue weighted by Crippen LogP contribution is -2.25. The quantitative estimate of drug-likeness (QED) is 0.143. The van der Waals surface area contributed by atoms with Crippen molar-refractivity contribution in [1.82, 2.24) is 0 Å². The first kappa shape index (κ1) is 31.2. The summed E-state index contributed by atoms with van der Waals surface area (Å²) in [5.41, 5.74) is -0.267. The Morgan fingerprint density at radius 2 is 1.06 bits per heavy atom. The average Bonchev–Trinajstić information content (AvgIpc) is 2.70. The second-order valence-corrected chi connectivity index (χ2v) is 11.9. The van der Waals surface area contributed by atoms with Crippen LogP contribution in [0.15, 0.2) is 0 Å². The van der Waals surface area contributed by atoms with E-state index in [2.05, 4.69) is 13.8 Å². The van der Waals surface area contributed by atoms with Crippen LogP contribution in [-0.2, 0) is 22.9 Å². The summed E-state index contributed by atoms with van der Waals surface area (Å²) in [6.07, 6.45) is 9.00. The topological polar surface area (TPSA) is 123 Å². The van der Waals surface area contributed by atoms with Gasteiger partial charge >= 0.3 is 15.4 Å². The van der Waals surface area contributed by atoms with Gasteiger partial charge < -0.3 is 23.9 Å². The number of hydrogen-bond acceptors (Lipinski definition) is 5. The number of rotatable bonds is 20. The third kappa shape index (κ3) is 14.9. The third-order valence-electron chi connectivity index (χ3n) is 6.64. The molecule has 0 spiro atoms. The van der Waals surface area contributed by atoms with Gasteiger partial charge in [0.25, 0.3) is 0 Å². The molecule has 10 heteroatoms. The molecule has 1 unspecified atom stereocenters. The van der Waals surface area contributed by atoms with Crippen LogP contribution in [0.5, 0.6) is 0 Å². The predicted molar refractivity (Wildman–Crippen MR) is 124 cm³/mol. The second-order valence-electron chi connectivity index (χ2n) is 8.78. The summed E-state index contributed by atoms with van der Waals surface area (Å²) in [6.45, 7) is 11.2. The summed E-state index contributed by atoms with van der Waals surface area (Å²) in [4.78, 5) is 27.3. The number of ether oxygens (including phenoxy) is 1. The Kier molecular flexibility index (Phi) is 15.3. The highest BCUT2D eigenvalue weighted by molar-refractivity contribution is 7.51. The van der Waals surface area contributed by atoms with E-state index in [0.717, 1.165) is 64.2 Å². The zero-order chi connectivity index (χ0) is 24.0. The molecule has 3 N–H and O–H groups in total. The number of unbranched alkanes of at least 4 members (excludes halogenated alkanes) is 2. The van der Waals surface area contributed by atoms with Crippen molar-refractivity contribution in [2.45, 2.75) is 91.9 Å². The lowest BCUT2D eigenvalue weighted by Gasteiger charge is -2.32. The van der Waals surface area contributed by atoms with Gasteiger partial charge in [0.1, 0.15) is 0 Å². The van der Waals surface area contributed by atoms with Crippen molar-refractivity contribution < 1.29 is 37.6 Å². The molecule has 0 radical (unpaired) electrons. The largest absolute Gasteiger partial charge is 0.469 e. The Hall–Kier alpha value is 0.220. The minimum absolute atomic E-state index is 0.0623. The number of phosphoric acid groups is 1. The molecule has 0 aromatic heterocycles. The van der Waals surface area contributed by atoms with Crippen molar-refractivity contribution in [2.75, 3.05) is 33.1 Å². The normalized spacial score (nSPS) is 15.2. The monoisotopic (exact) mass is 488 g/mol. The summed E-state index contributed by atoms with van der Waals surface area (Å²) in [5.74, 6) is 0. The Balaban J connectivity index is 4.10. The molecule has 0 aromatic rings. The van der Waals surface area contributed by atoms with Crippen LogP contribution < -0.4 is 0 Å². The molecular formula is C21H46O8P2. The van der Waals surface area contributed by atoms with Crippen LogP contribution in [-0.4, -0.2) is 47.8 Å². The minimum Gasteiger partial charge on any atom is -0.381 e. The van der Waals surface area contributed by atoms with Gasteiger partial charge in [-0.1, -0.05) is 40.5 Å². The first-order valence-corrected chi connectivity index (χ1v) is 15.1. The molecule has 0 heterocycles. The average molecular weight is 489 g/mol. The highest BCUT2D eigenvalue weighted by Gasteiger charge is 2.30. The standard InChI is InChI=1S/C21H46O8P2/c1-6-20(7-2,18-28-30(5,22)23)14-10-12-16-27-17-13-11-15-21(8-3,9-4)19-29-31(24,25)26/h6-19H2,1-5H3,(H,22,23)(H2,24,25,26). The van der Waals surface area contributed by atoms with Gasteiger partial charge in [0.05, 0.1) is 13.2 Å². The molecule has 0 aliphatic heterocycles. The van der Waals surface area contributed by atoms with E-state index < -0.39 is 15.4 Å². The van der Waals surface area contributed by atoms with E-state index in [1.54, 1.807) is 0 Å². The molecular weight excluding hydrogens is 442 g/mol. The maximum absolute atomic E-state index is 11.4. The maximum Gasteiger partial charge on any atom is 0.469 e. The molecule has 0 saturated carbocycles. The van der Waals surface area contributed by atoms with E-state index in [4.69, 9.17) is 23.6 Å². The van der Waals surface area contributed by atoms with Crippen molar-refractivity contribution in [2.24, 2.45) is 10.8 Å². The highest BCUT2D eigenvalue weighted by atomic mass is 31.2. The first-order chi connectivity index (χ1) is 14.4. The third-order valence-corrected chi connectivity index (χ3v) is 7.71. The fraction of sp³-hybridized carbons (Fsp3) is 1.00. The molecule has 31 heavy (non-hydrogen) atoms. The van der Waals surface area contributed by atoms with Gasteiger partial charge in [0.15, 0.2) is 0 Å². The first-order valence-electron chi connectivity index (χ1n) is 11.6. The summed E-state index contributed by atoms with van der Waals surface area (Å²) in [5, 5.41) is 0. The van der Waals surface area contributed by atoms with Crippen LogP contribution in [0.4, 0.5) is 0 Å². The Morgan fingerprint density at radius 3 is 1.39 bits per heavy atom. The zero-order valence-corrected chi connectivity index (χ0v) is 22.0. The molecule has 0 fully saturated rings. The lowest BCUT2D eigenvalue weighted by atomic mass is 9.79. The molecule has 0 saturated heterocycles. The van der Waals surface area contributed by atoms with Gasteiger partial charge in [-0.15, -0.1) is 0 Å². The van der Waals surface area contributed by atoms with Crippen LogP contribution in [0.3, 0.4) is 0 Å². The Morgan fingerprint density at radius 1 is 0.677 bits per heavy atom. The van der Waals surface area contributed by atoms with E-state index in [1.165, 1.54) is 6.66 Å². The van der Waals surface area contributed by atoms with E-state index in [1.807, 2.05) is 13.8 Å². The van der Waals surface area contributed by atoms with Crippen LogP contribution in [0.1, 0.15) is 91.9 Å². The fourth-order valence-electron chi connectivity index (χ4n) is 3.75. The second kappa shape index (κ2) is 15.2. The smallest absolute Gasteiger partial charge is 0.381 e. The molecule has 0 rings (SSSR count). The fourth-order valence-corrected chi connectivity index (χ4v) is 4.70. The van der Waals surface area contributed by atoms with Crippen molar-refractivity contribution in [3.05, 3.63) is 0 Å². The van der Waals surface area contributed by atoms with Crippen LogP contribution in [0, 0.1) is 10.8 Å². The van der Waals surface area contributed by atoms with E-state index >= 15 is 0 Å². The molecule has 0 aliphatic rings. The number of hydrogen-bond donors (Lipinski definition) is 3. The summed E-state index contributed by atoms with van der Waals surface area (Å²) >= 11 is 0. The van der Waals surface area contributed by atoms with Crippen molar-refractivity contribution in [1.29, 1.82) is 0 Å².